The van der Waals surface area contributed by atoms with Gasteiger partial charge in [0.15, 0.2) is 5.82 Å². The molecule has 0 saturated heterocycles. The third kappa shape index (κ3) is 7.30. The van der Waals surface area contributed by atoms with Crippen LogP contribution in [0.5, 0.6) is 0 Å². The summed E-state index contributed by atoms with van der Waals surface area (Å²) in [6.45, 7) is 9.13. The first-order valence-electron chi connectivity index (χ1n) is 10.9. The van der Waals surface area contributed by atoms with Crippen molar-refractivity contribution in [3.63, 3.8) is 0 Å². The number of hydrogen-bond acceptors (Lipinski definition) is 6. The summed E-state index contributed by atoms with van der Waals surface area (Å²) in [5.41, 5.74) is -0.179. The SMILES string of the molecule is Cc1cc(NC(=O)C(C)(O)CSc2ccc(F)cc2)ccc1NC(=O)Nc1cc(C(C)(C)C)on1. The number of nitrogens with zero attached hydrogens (tertiary/aromatic N) is 1. The molecule has 0 fully saturated rings. The number of aryl methyl sites for hydroxylation is 1. The molecule has 3 aromatic rings. The summed E-state index contributed by atoms with van der Waals surface area (Å²) in [5.74, 6) is 0.108. The largest absolute Gasteiger partial charge is 0.379 e. The zero-order valence-corrected chi connectivity index (χ0v) is 21.0. The number of carbonyl (C=O) groups excluding carboxylic acids is 2. The van der Waals surface area contributed by atoms with E-state index >= 15 is 0 Å². The normalized spacial score (nSPS) is 13.1. The molecule has 2 aromatic carbocycles. The van der Waals surface area contributed by atoms with Gasteiger partial charge in [-0.3, -0.25) is 10.1 Å². The number of hydrogen-bond donors (Lipinski definition) is 4. The third-order valence-electron chi connectivity index (χ3n) is 5.05. The van der Waals surface area contributed by atoms with Gasteiger partial charge in [-0.15, -0.1) is 11.8 Å². The fourth-order valence-electron chi connectivity index (χ4n) is 2.93. The highest BCUT2D eigenvalue weighted by atomic mass is 32.2. The second-order valence-electron chi connectivity index (χ2n) is 9.41. The molecule has 0 aliphatic rings. The topological polar surface area (TPSA) is 116 Å². The lowest BCUT2D eigenvalue weighted by atomic mass is 9.93. The van der Waals surface area contributed by atoms with Gasteiger partial charge in [0.1, 0.15) is 17.2 Å². The number of aliphatic hydroxyl groups is 1. The summed E-state index contributed by atoms with van der Waals surface area (Å²) >= 11 is 1.25. The maximum atomic E-state index is 13.0. The number of rotatable bonds is 7. The number of thioether (sulfide) groups is 1. The molecule has 0 spiro atoms. The second kappa shape index (κ2) is 10.5. The van der Waals surface area contributed by atoms with E-state index in [0.717, 1.165) is 4.90 Å². The van der Waals surface area contributed by atoms with E-state index in [1.54, 1.807) is 43.3 Å². The highest BCUT2D eigenvalue weighted by Gasteiger charge is 2.30. The Morgan fingerprint density at radius 3 is 2.31 bits per heavy atom. The number of benzene rings is 2. The van der Waals surface area contributed by atoms with Crippen molar-refractivity contribution in [3.05, 3.63) is 65.7 Å². The summed E-state index contributed by atoms with van der Waals surface area (Å²) in [6, 6.07) is 12.0. The Morgan fingerprint density at radius 2 is 1.71 bits per heavy atom. The Labute approximate surface area is 207 Å². The van der Waals surface area contributed by atoms with Crippen LogP contribution >= 0.6 is 11.8 Å². The Kier molecular flexibility index (Phi) is 7.86. The minimum Gasteiger partial charge on any atom is -0.379 e. The standard InChI is InChI=1S/C25H29FN4O4S/c1-15-12-17(27-22(31)25(5,33)14-35-18-9-6-16(26)7-10-18)8-11-19(15)28-23(32)29-21-13-20(34-30-21)24(2,3)4/h6-13,33H,14H2,1-5H3,(H,27,31)(H2,28,29,30,32). The van der Waals surface area contributed by atoms with Gasteiger partial charge in [0.2, 0.25) is 0 Å². The molecule has 1 aromatic heterocycles. The first kappa shape index (κ1) is 26.2. The van der Waals surface area contributed by atoms with E-state index in [1.807, 2.05) is 20.8 Å². The molecule has 186 valence electrons. The van der Waals surface area contributed by atoms with Crippen molar-refractivity contribution in [3.8, 4) is 0 Å². The Morgan fingerprint density at radius 1 is 1.03 bits per heavy atom. The average Bonchev–Trinajstić information content (AvgIpc) is 3.24. The van der Waals surface area contributed by atoms with Crippen LogP contribution in [0, 0.1) is 12.7 Å². The Bertz CT molecular complexity index is 1200. The monoisotopic (exact) mass is 500 g/mol. The van der Waals surface area contributed by atoms with E-state index in [0.29, 0.717) is 28.5 Å². The van der Waals surface area contributed by atoms with E-state index in [9.17, 15) is 19.1 Å². The van der Waals surface area contributed by atoms with Crippen LogP contribution in [0.2, 0.25) is 0 Å². The van der Waals surface area contributed by atoms with Crippen LogP contribution < -0.4 is 16.0 Å². The zero-order valence-electron chi connectivity index (χ0n) is 20.2. The minimum absolute atomic E-state index is 0.0855. The number of halogens is 1. The van der Waals surface area contributed by atoms with Gasteiger partial charge < -0.3 is 20.3 Å². The molecule has 10 heteroatoms. The van der Waals surface area contributed by atoms with E-state index in [2.05, 4.69) is 21.1 Å². The number of aromatic nitrogens is 1. The van der Waals surface area contributed by atoms with Crippen LogP contribution in [0.3, 0.4) is 0 Å². The van der Waals surface area contributed by atoms with Crippen molar-refractivity contribution in [1.29, 1.82) is 0 Å². The number of carbonyl (C=O) groups is 2. The van der Waals surface area contributed by atoms with E-state index in [1.165, 1.54) is 30.8 Å². The van der Waals surface area contributed by atoms with Crippen molar-refractivity contribution < 1.29 is 23.6 Å². The summed E-state index contributed by atoms with van der Waals surface area (Å²) in [6.07, 6.45) is 0. The van der Waals surface area contributed by atoms with Gasteiger partial charge in [-0.05, 0) is 61.9 Å². The van der Waals surface area contributed by atoms with Crippen LogP contribution in [0.25, 0.3) is 0 Å². The number of urea groups is 1. The molecule has 0 radical (unpaired) electrons. The lowest BCUT2D eigenvalue weighted by molar-refractivity contribution is -0.130. The molecule has 35 heavy (non-hydrogen) atoms. The summed E-state index contributed by atoms with van der Waals surface area (Å²) < 4.78 is 18.3. The maximum Gasteiger partial charge on any atom is 0.324 e. The summed E-state index contributed by atoms with van der Waals surface area (Å²) in [4.78, 5) is 25.7. The second-order valence-corrected chi connectivity index (χ2v) is 10.5. The van der Waals surface area contributed by atoms with Gasteiger partial charge in [0.05, 0.1) is 0 Å². The molecule has 8 nitrogen and oxygen atoms in total. The molecule has 1 heterocycles. The van der Waals surface area contributed by atoms with Crippen LogP contribution in [-0.2, 0) is 10.2 Å². The molecule has 1 atom stereocenters. The lowest BCUT2D eigenvalue weighted by Crippen LogP contribution is -2.42. The van der Waals surface area contributed by atoms with Crippen LogP contribution in [-0.4, -0.2) is 33.6 Å². The molecule has 0 bridgehead atoms. The van der Waals surface area contributed by atoms with Crippen molar-refractivity contribution in [2.45, 2.75) is 50.5 Å². The van der Waals surface area contributed by atoms with Gasteiger partial charge in [0, 0.05) is 33.5 Å². The molecule has 0 aliphatic heterocycles. The number of anilines is 3. The Hall–Kier alpha value is -3.37. The van der Waals surface area contributed by atoms with Gasteiger partial charge >= 0.3 is 6.03 Å². The van der Waals surface area contributed by atoms with Crippen LogP contribution in [0.15, 0.2) is 57.9 Å². The summed E-state index contributed by atoms with van der Waals surface area (Å²) in [7, 11) is 0. The van der Waals surface area contributed by atoms with Gasteiger partial charge in [-0.25, -0.2) is 9.18 Å². The Balaban J connectivity index is 1.56. The fraction of sp³-hybridized carbons (Fsp3) is 0.320. The molecule has 3 rings (SSSR count). The molecule has 0 aliphatic carbocycles. The van der Waals surface area contributed by atoms with Crippen LogP contribution in [0.1, 0.15) is 39.0 Å². The number of amides is 3. The summed E-state index contributed by atoms with van der Waals surface area (Å²) in [5, 5.41) is 22.5. The third-order valence-corrected chi connectivity index (χ3v) is 6.36. The molecule has 4 N–H and O–H groups in total. The smallest absolute Gasteiger partial charge is 0.324 e. The van der Waals surface area contributed by atoms with E-state index in [4.69, 9.17) is 4.52 Å². The first-order chi connectivity index (χ1) is 16.3. The fourth-order valence-corrected chi connectivity index (χ4v) is 3.83. The first-order valence-corrected chi connectivity index (χ1v) is 11.9. The molecular formula is C25H29FN4O4S. The highest BCUT2D eigenvalue weighted by molar-refractivity contribution is 7.99. The predicted octanol–water partition coefficient (Wildman–Crippen LogP) is 5.55. The van der Waals surface area contributed by atoms with Crippen molar-refractivity contribution in [2.75, 3.05) is 21.7 Å². The molecule has 1 unspecified atom stereocenters. The number of nitrogens with one attached hydrogen (secondary N) is 3. The quantitative estimate of drug-likeness (QED) is 0.316. The van der Waals surface area contributed by atoms with Crippen LogP contribution in [0.4, 0.5) is 26.4 Å². The average molecular weight is 501 g/mol. The van der Waals surface area contributed by atoms with Gasteiger partial charge in [-0.1, -0.05) is 25.9 Å². The molecular weight excluding hydrogens is 471 g/mol. The minimum atomic E-state index is -1.66. The van der Waals surface area contributed by atoms with Crippen molar-refractivity contribution >= 4 is 40.9 Å². The van der Waals surface area contributed by atoms with Crippen molar-refractivity contribution in [1.82, 2.24) is 5.16 Å². The molecule has 3 amide bonds. The van der Waals surface area contributed by atoms with E-state index < -0.39 is 17.5 Å². The van der Waals surface area contributed by atoms with Gasteiger partial charge in [-0.2, -0.15) is 0 Å². The molecule has 0 saturated carbocycles. The maximum absolute atomic E-state index is 13.0. The van der Waals surface area contributed by atoms with Gasteiger partial charge in [0.25, 0.3) is 5.91 Å². The van der Waals surface area contributed by atoms with Crippen molar-refractivity contribution in [2.24, 2.45) is 0 Å². The highest BCUT2D eigenvalue weighted by Crippen LogP contribution is 2.26. The predicted molar refractivity (Wildman–Crippen MR) is 135 cm³/mol. The van der Waals surface area contributed by atoms with E-state index in [-0.39, 0.29) is 17.0 Å². The lowest BCUT2D eigenvalue weighted by Gasteiger charge is -2.22. The zero-order chi connectivity index (χ0) is 25.8.